The normalized spacial score (nSPS) is 14.9. The molecule has 3 unspecified atom stereocenters. The van der Waals surface area contributed by atoms with Crippen LogP contribution in [0.15, 0.2) is 97.2 Å². The fourth-order valence-corrected chi connectivity index (χ4v) is 7.50. The number of carbonyl (C=O) groups excluding carboxylic acids is 1. The first-order valence-corrected chi connectivity index (χ1v) is 27.1. The van der Waals surface area contributed by atoms with Crippen molar-refractivity contribution in [1.82, 2.24) is 5.32 Å². The van der Waals surface area contributed by atoms with Gasteiger partial charge in [0.2, 0.25) is 5.91 Å². The number of phosphoric ester groups is 1. The molecule has 0 saturated heterocycles. The molecular formula is C55H97N2O6P. The first-order valence-electron chi connectivity index (χ1n) is 25.6. The highest BCUT2D eigenvalue weighted by Crippen LogP contribution is 2.38. The number of aliphatic hydroxyl groups is 1. The van der Waals surface area contributed by atoms with Crippen molar-refractivity contribution in [3.8, 4) is 0 Å². The molecule has 0 radical (unpaired) electrons. The molecule has 1 amide bonds. The molecule has 0 rings (SSSR count). The maximum absolute atomic E-state index is 12.8. The van der Waals surface area contributed by atoms with Crippen LogP contribution in [0.4, 0.5) is 0 Å². The lowest BCUT2D eigenvalue weighted by atomic mass is 10.0. The third kappa shape index (κ3) is 47.4. The topological polar surface area (TPSA) is 108 Å². The lowest BCUT2D eigenvalue weighted by Gasteiger charge is -2.29. The van der Waals surface area contributed by atoms with E-state index in [0.29, 0.717) is 17.4 Å². The highest BCUT2D eigenvalue weighted by atomic mass is 31.2. The summed E-state index contributed by atoms with van der Waals surface area (Å²) in [6.07, 6.45) is 65.4. The molecule has 0 bridgehead atoms. The van der Waals surface area contributed by atoms with Crippen LogP contribution in [-0.2, 0) is 18.4 Å². The molecule has 0 aromatic carbocycles. The zero-order chi connectivity index (χ0) is 47.1. The number of quaternary nitrogens is 1. The van der Waals surface area contributed by atoms with Gasteiger partial charge in [0.25, 0.3) is 7.82 Å². The van der Waals surface area contributed by atoms with Crippen LogP contribution >= 0.6 is 7.82 Å². The molecule has 0 aliphatic carbocycles. The zero-order valence-corrected chi connectivity index (χ0v) is 42.6. The van der Waals surface area contributed by atoms with Gasteiger partial charge >= 0.3 is 0 Å². The molecule has 0 fully saturated rings. The van der Waals surface area contributed by atoms with Gasteiger partial charge in [0.1, 0.15) is 13.2 Å². The van der Waals surface area contributed by atoms with Crippen LogP contribution in [0.5, 0.6) is 0 Å². The summed E-state index contributed by atoms with van der Waals surface area (Å²) in [5.74, 6) is -0.209. The van der Waals surface area contributed by atoms with Crippen molar-refractivity contribution in [3.63, 3.8) is 0 Å². The summed E-state index contributed by atoms with van der Waals surface area (Å²) < 4.78 is 23.0. The van der Waals surface area contributed by atoms with E-state index in [1.807, 2.05) is 27.2 Å². The molecule has 0 spiro atoms. The first kappa shape index (κ1) is 61.4. The van der Waals surface area contributed by atoms with Gasteiger partial charge in [-0.25, -0.2) is 0 Å². The summed E-state index contributed by atoms with van der Waals surface area (Å²) in [5.41, 5.74) is 0. The monoisotopic (exact) mass is 913 g/mol. The van der Waals surface area contributed by atoms with E-state index in [4.69, 9.17) is 9.05 Å². The van der Waals surface area contributed by atoms with Gasteiger partial charge in [-0.3, -0.25) is 9.36 Å². The van der Waals surface area contributed by atoms with Crippen molar-refractivity contribution < 1.29 is 32.9 Å². The summed E-state index contributed by atoms with van der Waals surface area (Å²) >= 11 is 0. The maximum atomic E-state index is 12.8. The molecule has 0 heterocycles. The number of likely N-dealkylation sites (N-methyl/N-ethyl adjacent to an activating group) is 1. The molecule has 0 saturated carbocycles. The van der Waals surface area contributed by atoms with Crippen LogP contribution in [0, 0.1) is 0 Å². The van der Waals surface area contributed by atoms with Gasteiger partial charge in [0.15, 0.2) is 0 Å². The SMILES string of the molecule is CC/C=C\C/C=C\C/C=C\C/C=C\C/C=C\C/C=C\C/C=C\CCCCCCCCCCCCCCCCCC(=O)NC(COP(=O)([O-])OCC[N+](C)(C)C)C(O)/C=C/CCCCC. The average Bonchev–Trinajstić information content (AvgIpc) is 3.25. The van der Waals surface area contributed by atoms with Crippen molar-refractivity contribution in [3.05, 3.63) is 97.2 Å². The van der Waals surface area contributed by atoms with Gasteiger partial charge in [0.05, 0.1) is 39.9 Å². The highest BCUT2D eigenvalue weighted by Gasteiger charge is 2.23. The van der Waals surface area contributed by atoms with Crippen molar-refractivity contribution in [1.29, 1.82) is 0 Å². The Morgan fingerprint density at radius 3 is 1.39 bits per heavy atom. The summed E-state index contributed by atoms with van der Waals surface area (Å²) in [7, 11) is 1.25. The molecule has 0 aliphatic rings. The van der Waals surface area contributed by atoms with E-state index in [9.17, 15) is 19.4 Å². The smallest absolute Gasteiger partial charge is 0.268 e. The minimum absolute atomic E-state index is 0.00513. The van der Waals surface area contributed by atoms with E-state index in [2.05, 4.69) is 104 Å². The van der Waals surface area contributed by atoms with Crippen molar-refractivity contribution >= 4 is 13.7 Å². The standard InChI is InChI=1S/C55H97N2O6P/c1-6-8-10-12-13-14-15-16-17-18-19-20-21-22-23-24-25-26-27-28-29-30-31-32-33-34-35-36-37-38-39-40-41-42-43-45-47-49-55(59)56-53(54(58)48-46-44-11-9-7-2)52-63-64(60,61)62-51-50-57(3,4)5/h8,10,13-14,16-17,19-20,22-23,25-26,28-29,46,48,53-54,58H,6-7,9,11-12,15,18,21,24,27,30-45,47,49-52H2,1-5H3,(H-,56,59,60,61)/b10-8-,14-13-,17-16-,20-19-,23-22-,26-25-,29-28-,48-46+. The molecule has 64 heavy (non-hydrogen) atoms. The minimum atomic E-state index is -4.58. The number of aliphatic hydroxyl groups excluding tert-OH is 1. The van der Waals surface area contributed by atoms with Gasteiger partial charge < -0.3 is 28.8 Å². The van der Waals surface area contributed by atoms with E-state index in [-0.39, 0.29) is 19.1 Å². The Bertz CT molecular complexity index is 1360. The number of nitrogens with zero attached hydrogens (tertiary/aromatic N) is 1. The van der Waals surface area contributed by atoms with Crippen LogP contribution in [-0.4, -0.2) is 68.5 Å². The van der Waals surface area contributed by atoms with Crippen molar-refractivity contribution in [2.75, 3.05) is 40.9 Å². The molecule has 8 nitrogen and oxygen atoms in total. The van der Waals surface area contributed by atoms with Crippen molar-refractivity contribution in [2.24, 2.45) is 0 Å². The zero-order valence-electron chi connectivity index (χ0n) is 41.7. The maximum Gasteiger partial charge on any atom is 0.268 e. The summed E-state index contributed by atoms with van der Waals surface area (Å²) in [4.78, 5) is 25.1. The van der Waals surface area contributed by atoms with Crippen LogP contribution in [0.1, 0.15) is 194 Å². The fourth-order valence-electron chi connectivity index (χ4n) is 6.78. The Morgan fingerprint density at radius 1 is 0.562 bits per heavy atom. The third-order valence-corrected chi connectivity index (χ3v) is 11.8. The number of unbranched alkanes of at least 4 members (excludes halogenated alkanes) is 18. The molecule has 2 N–H and O–H groups in total. The average molecular weight is 913 g/mol. The Labute approximate surface area is 394 Å². The lowest BCUT2D eigenvalue weighted by molar-refractivity contribution is -0.870. The number of rotatable bonds is 45. The second kappa shape index (κ2) is 45.6. The number of nitrogens with one attached hydrogen (secondary N) is 1. The number of phosphoric acid groups is 1. The predicted molar refractivity (Wildman–Crippen MR) is 274 cm³/mol. The fraction of sp³-hybridized carbons (Fsp3) is 0.691. The third-order valence-electron chi connectivity index (χ3n) is 10.8. The van der Waals surface area contributed by atoms with E-state index in [1.54, 1.807) is 6.08 Å². The number of carbonyl (C=O) groups is 1. The van der Waals surface area contributed by atoms with Gasteiger partial charge in [-0.2, -0.15) is 0 Å². The molecule has 0 aromatic rings. The lowest BCUT2D eigenvalue weighted by Crippen LogP contribution is -2.45. The summed E-state index contributed by atoms with van der Waals surface area (Å²) in [5, 5.41) is 13.6. The van der Waals surface area contributed by atoms with Crippen molar-refractivity contribution in [2.45, 2.75) is 206 Å². The Kier molecular flexibility index (Phi) is 43.7. The van der Waals surface area contributed by atoms with Crippen LogP contribution in [0.2, 0.25) is 0 Å². The Balaban J connectivity index is 3.85. The summed E-state index contributed by atoms with van der Waals surface area (Å²) in [6.45, 7) is 4.40. The van der Waals surface area contributed by atoms with Gasteiger partial charge in [-0.15, -0.1) is 0 Å². The minimum Gasteiger partial charge on any atom is -0.756 e. The van der Waals surface area contributed by atoms with Crippen LogP contribution in [0.25, 0.3) is 0 Å². The van der Waals surface area contributed by atoms with E-state index in [0.717, 1.165) is 89.9 Å². The Hall–Kier alpha value is -2.58. The van der Waals surface area contributed by atoms with E-state index >= 15 is 0 Å². The molecule has 9 heteroatoms. The first-order chi connectivity index (χ1) is 31.0. The highest BCUT2D eigenvalue weighted by molar-refractivity contribution is 7.45. The van der Waals surface area contributed by atoms with Gasteiger partial charge in [-0.1, -0.05) is 207 Å². The predicted octanol–water partition coefficient (Wildman–Crippen LogP) is 14.5. The number of hydrogen-bond donors (Lipinski definition) is 2. The second-order valence-corrected chi connectivity index (χ2v) is 19.6. The number of hydrogen-bond acceptors (Lipinski definition) is 6. The molecule has 0 aromatic heterocycles. The summed E-state index contributed by atoms with van der Waals surface area (Å²) in [6, 6.07) is -0.886. The molecular weight excluding hydrogens is 816 g/mol. The van der Waals surface area contributed by atoms with E-state index < -0.39 is 20.0 Å². The Morgan fingerprint density at radius 2 is 0.953 bits per heavy atom. The second-order valence-electron chi connectivity index (χ2n) is 18.1. The largest absolute Gasteiger partial charge is 0.756 e. The van der Waals surface area contributed by atoms with Gasteiger partial charge in [-0.05, 0) is 77.0 Å². The van der Waals surface area contributed by atoms with Crippen LogP contribution < -0.4 is 10.2 Å². The van der Waals surface area contributed by atoms with E-state index in [1.165, 1.54) is 83.5 Å². The number of allylic oxidation sites excluding steroid dienone is 15. The van der Waals surface area contributed by atoms with Crippen LogP contribution in [0.3, 0.4) is 0 Å². The van der Waals surface area contributed by atoms with Gasteiger partial charge in [0, 0.05) is 6.42 Å². The molecule has 368 valence electrons. The molecule has 0 aliphatic heterocycles. The quantitative estimate of drug-likeness (QED) is 0.0273. The number of amides is 1. The molecule has 3 atom stereocenters.